The van der Waals surface area contributed by atoms with Crippen LogP contribution in [0.25, 0.3) is 0 Å². The van der Waals surface area contributed by atoms with Crippen molar-refractivity contribution in [3.05, 3.63) is 0 Å². The van der Waals surface area contributed by atoms with E-state index in [1.807, 2.05) is 0 Å². The molecule has 2 heteroatoms. The van der Waals surface area contributed by atoms with Crippen molar-refractivity contribution in [1.82, 2.24) is 0 Å². The van der Waals surface area contributed by atoms with E-state index in [4.69, 9.17) is 9.84 Å². The Labute approximate surface area is 82.3 Å². The molecule has 0 aliphatic heterocycles. The van der Waals surface area contributed by atoms with Crippen molar-refractivity contribution >= 4 is 0 Å². The second-order valence-electron chi connectivity index (χ2n) is 4.22. The number of rotatable bonds is 7. The molecule has 0 amide bonds. The maximum Gasteiger partial charge on any atom is 0.0745 e. The number of hydrogen-bond acceptors (Lipinski definition) is 2. The summed E-state index contributed by atoms with van der Waals surface area (Å²) < 4.78 is 5.60. The molecule has 80 valence electrons. The Morgan fingerprint density at radius 1 is 1.23 bits per heavy atom. The maximum atomic E-state index is 9.08. The second kappa shape index (κ2) is 7.34. The van der Waals surface area contributed by atoms with E-state index in [2.05, 4.69) is 20.8 Å². The first-order valence-corrected chi connectivity index (χ1v) is 5.35. The normalized spacial score (nSPS) is 16.2. The van der Waals surface area contributed by atoms with Crippen molar-refractivity contribution in [2.75, 3.05) is 6.61 Å². The van der Waals surface area contributed by atoms with Crippen molar-refractivity contribution in [3.63, 3.8) is 0 Å². The van der Waals surface area contributed by atoms with Crippen molar-refractivity contribution < 1.29 is 9.84 Å². The van der Waals surface area contributed by atoms with Crippen LogP contribution in [0.2, 0.25) is 0 Å². The lowest BCUT2D eigenvalue weighted by Gasteiger charge is -2.20. The van der Waals surface area contributed by atoms with Crippen LogP contribution >= 0.6 is 0 Å². The Kier molecular flexibility index (Phi) is 7.29. The lowest BCUT2D eigenvalue weighted by atomic mass is 10.0. The number of ether oxygens (including phenoxy) is 1. The number of aliphatic hydroxyl groups is 1. The van der Waals surface area contributed by atoms with Gasteiger partial charge in [0.2, 0.25) is 0 Å². The molecule has 0 heterocycles. The largest absolute Gasteiger partial charge is 0.391 e. The molecule has 0 fully saturated rings. The minimum atomic E-state index is -0.341. The summed E-state index contributed by atoms with van der Waals surface area (Å²) in [6.45, 7) is 8.80. The van der Waals surface area contributed by atoms with Gasteiger partial charge in [0.25, 0.3) is 0 Å². The van der Waals surface area contributed by atoms with Crippen LogP contribution in [-0.2, 0) is 4.74 Å². The molecule has 2 nitrogen and oxygen atoms in total. The molecule has 1 N–H and O–H groups in total. The Morgan fingerprint density at radius 2 is 1.85 bits per heavy atom. The van der Waals surface area contributed by atoms with Gasteiger partial charge in [-0.2, -0.15) is 0 Å². The summed E-state index contributed by atoms with van der Waals surface area (Å²) in [6, 6.07) is 0. The molecule has 0 saturated carbocycles. The van der Waals surface area contributed by atoms with E-state index >= 15 is 0 Å². The molecular weight excluding hydrogens is 164 g/mol. The fourth-order valence-corrected chi connectivity index (χ4v) is 1.39. The predicted octanol–water partition coefficient (Wildman–Crippen LogP) is 2.60. The minimum Gasteiger partial charge on any atom is -0.391 e. The third-order valence-corrected chi connectivity index (χ3v) is 1.92. The molecular formula is C11H24O2. The molecule has 2 unspecified atom stereocenters. The van der Waals surface area contributed by atoms with Crippen LogP contribution in [0.5, 0.6) is 0 Å². The van der Waals surface area contributed by atoms with Crippen molar-refractivity contribution in [2.24, 2.45) is 5.92 Å². The zero-order valence-electron chi connectivity index (χ0n) is 9.42. The highest BCUT2D eigenvalue weighted by Gasteiger charge is 2.11. The van der Waals surface area contributed by atoms with Gasteiger partial charge in [-0.05, 0) is 25.7 Å². The van der Waals surface area contributed by atoms with Crippen LogP contribution in [-0.4, -0.2) is 23.9 Å². The lowest BCUT2D eigenvalue weighted by molar-refractivity contribution is -0.0150. The molecule has 0 rings (SSSR count). The van der Waals surface area contributed by atoms with Gasteiger partial charge in [-0.15, -0.1) is 0 Å². The van der Waals surface area contributed by atoms with E-state index in [1.54, 1.807) is 6.92 Å². The van der Waals surface area contributed by atoms with Crippen LogP contribution in [0.3, 0.4) is 0 Å². The molecule has 0 aromatic carbocycles. The van der Waals surface area contributed by atoms with Crippen molar-refractivity contribution in [2.45, 2.75) is 59.2 Å². The van der Waals surface area contributed by atoms with Gasteiger partial charge in [-0.1, -0.05) is 27.2 Å². The highest BCUT2D eigenvalue weighted by Crippen LogP contribution is 2.13. The summed E-state index contributed by atoms with van der Waals surface area (Å²) in [5.74, 6) is 0.672. The highest BCUT2D eigenvalue weighted by atomic mass is 16.5. The van der Waals surface area contributed by atoms with E-state index in [0.717, 1.165) is 19.3 Å². The van der Waals surface area contributed by atoms with E-state index < -0.39 is 0 Å². The third-order valence-electron chi connectivity index (χ3n) is 1.92. The summed E-state index contributed by atoms with van der Waals surface area (Å²) in [7, 11) is 0. The van der Waals surface area contributed by atoms with Gasteiger partial charge in [0, 0.05) is 0 Å². The quantitative estimate of drug-likeness (QED) is 0.665. The minimum absolute atomic E-state index is 0.333. The van der Waals surface area contributed by atoms with Crippen LogP contribution in [0, 0.1) is 5.92 Å². The van der Waals surface area contributed by atoms with E-state index in [9.17, 15) is 0 Å². The van der Waals surface area contributed by atoms with Gasteiger partial charge in [-0.25, -0.2) is 0 Å². The Hall–Kier alpha value is -0.0800. The summed E-state index contributed by atoms with van der Waals surface area (Å²) >= 11 is 0. The molecule has 0 radical (unpaired) electrons. The fraction of sp³-hybridized carbons (Fsp3) is 1.00. The SMILES string of the molecule is CCCC(CC(C)C)OCC(C)O. The van der Waals surface area contributed by atoms with Crippen LogP contribution in [0.4, 0.5) is 0 Å². The summed E-state index contributed by atoms with van der Waals surface area (Å²) in [5.41, 5.74) is 0. The first-order chi connectivity index (χ1) is 6.06. The third kappa shape index (κ3) is 8.26. The van der Waals surface area contributed by atoms with E-state index in [0.29, 0.717) is 18.6 Å². The standard InChI is InChI=1S/C11H24O2/c1-5-6-11(7-9(2)3)13-8-10(4)12/h9-12H,5-8H2,1-4H3. The molecule has 0 aromatic rings. The zero-order chi connectivity index (χ0) is 10.3. The molecule has 0 aromatic heterocycles. The van der Waals surface area contributed by atoms with Gasteiger partial charge < -0.3 is 9.84 Å². The number of aliphatic hydroxyl groups excluding tert-OH is 1. The van der Waals surface area contributed by atoms with Gasteiger partial charge >= 0.3 is 0 Å². The first kappa shape index (κ1) is 12.9. The van der Waals surface area contributed by atoms with Gasteiger partial charge in [-0.3, -0.25) is 0 Å². The van der Waals surface area contributed by atoms with Crippen LogP contribution in [0.15, 0.2) is 0 Å². The second-order valence-corrected chi connectivity index (χ2v) is 4.22. The molecule has 2 atom stereocenters. The maximum absolute atomic E-state index is 9.08. The topological polar surface area (TPSA) is 29.5 Å². The molecule has 0 spiro atoms. The molecule has 0 saturated heterocycles. The smallest absolute Gasteiger partial charge is 0.0745 e. The Bertz CT molecular complexity index is 111. The van der Waals surface area contributed by atoms with Gasteiger partial charge in [0.05, 0.1) is 18.8 Å². The summed E-state index contributed by atoms with van der Waals surface area (Å²) in [5, 5.41) is 9.08. The fourth-order valence-electron chi connectivity index (χ4n) is 1.39. The average Bonchev–Trinajstić information content (AvgIpc) is 1.99. The van der Waals surface area contributed by atoms with Crippen molar-refractivity contribution in [3.8, 4) is 0 Å². The monoisotopic (exact) mass is 188 g/mol. The predicted molar refractivity (Wildman–Crippen MR) is 55.8 cm³/mol. The van der Waals surface area contributed by atoms with Crippen LogP contribution < -0.4 is 0 Å². The molecule has 0 bridgehead atoms. The van der Waals surface area contributed by atoms with Gasteiger partial charge in [0.1, 0.15) is 0 Å². The Morgan fingerprint density at radius 3 is 2.23 bits per heavy atom. The lowest BCUT2D eigenvalue weighted by Crippen LogP contribution is -2.21. The van der Waals surface area contributed by atoms with Crippen molar-refractivity contribution in [1.29, 1.82) is 0 Å². The average molecular weight is 188 g/mol. The number of hydrogen-bond donors (Lipinski definition) is 1. The Balaban J connectivity index is 3.66. The molecule has 13 heavy (non-hydrogen) atoms. The van der Waals surface area contributed by atoms with Crippen LogP contribution in [0.1, 0.15) is 47.0 Å². The summed E-state index contributed by atoms with van der Waals surface area (Å²) in [6.07, 6.45) is 3.34. The summed E-state index contributed by atoms with van der Waals surface area (Å²) in [4.78, 5) is 0. The molecule has 0 aliphatic rings. The zero-order valence-corrected chi connectivity index (χ0v) is 9.42. The van der Waals surface area contributed by atoms with E-state index in [-0.39, 0.29) is 6.10 Å². The molecule has 0 aliphatic carbocycles. The highest BCUT2D eigenvalue weighted by molar-refractivity contribution is 4.61. The van der Waals surface area contributed by atoms with E-state index in [1.165, 1.54) is 0 Å². The van der Waals surface area contributed by atoms with Gasteiger partial charge in [0.15, 0.2) is 0 Å². The first-order valence-electron chi connectivity index (χ1n) is 5.35.